The molecule has 0 aliphatic carbocycles. The Kier molecular flexibility index (Phi) is 4.08. The van der Waals surface area contributed by atoms with E-state index in [2.05, 4.69) is 5.32 Å². The fourth-order valence-corrected chi connectivity index (χ4v) is 1.77. The summed E-state index contributed by atoms with van der Waals surface area (Å²) in [4.78, 5) is 11.4. The van der Waals surface area contributed by atoms with Crippen LogP contribution in [0.25, 0.3) is 0 Å². The first-order chi connectivity index (χ1) is 6.01. The van der Waals surface area contributed by atoms with Gasteiger partial charge in [0.1, 0.15) is 0 Å². The molecule has 0 saturated carbocycles. The lowest BCUT2D eigenvalue weighted by Crippen LogP contribution is -2.45. The molecule has 0 fully saturated rings. The van der Waals surface area contributed by atoms with Crippen LogP contribution in [0.15, 0.2) is 0 Å². The molecule has 0 spiro atoms. The predicted octanol–water partition coefficient (Wildman–Crippen LogP) is -0.174. The van der Waals surface area contributed by atoms with Gasteiger partial charge in [-0.1, -0.05) is 6.92 Å². The summed E-state index contributed by atoms with van der Waals surface area (Å²) in [6.07, 6.45) is 0. The summed E-state index contributed by atoms with van der Waals surface area (Å²) in [7, 11) is -3.58. The molecule has 0 unspecified atom stereocenters. The van der Waals surface area contributed by atoms with Gasteiger partial charge in [-0.3, -0.25) is 4.79 Å². The fourth-order valence-electron chi connectivity index (χ4n) is 0.917. The first-order valence-corrected chi connectivity index (χ1v) is 6.05. The van der Waals surface area contributed by atoms with Crippen LogP contribution < -0.4 is 10.5 Å². The normalized spacial score (nSPS) is 14.9. The molecule has 1 atom stereocenters. The predicted molar refractivity (Wildman–Crippen MR) is 55.0 cm³/mol. The van der Waals surface area contributed by atoms with Crippen LogP contribution in [0.5, 0.6) is 0 Å². The van der Waals surface area contributed by atoms with Crippen LogP contribution in [-0.4, -0.2) is 25.6 Å². The van der Waals surface area contributed by atoms with E-state index in [0.29, 0.717) is 0 Å². The van der Waals surface area contributed by atoms with E-state index in [-0.39, 0.29) is 17.2 Å². The maximum atomic E-state index is 11.4. The van der Waals surface area contributed by atoms with Crippen LogP contribution in [-0.2, 0) is 14.8 Å². The van der Waals surface area contributed by atoms with Crippen LogP contribution in [0.4, 0.5) is 0 Å². The van der Waals surface area contributed by atoms with Gasteiger partial charge >= 0.3 is 0 Å². The van der Waals surface area contributed by atoms with Gasteiger partial charge < -0.3 is 5.32 Å². The number of rotatable bonds is 3. The average Bonchev–Trinajstić information content (AvgIpc) is 1.78. The lowest BCUT2D eigenvalue weighted by molar-refractivity contribution is -0.125. The van der Waals surface area contributed by atoms with E-state index >= 15 is 0 Å². The Morgan fingerprint density at radius 3 is 2.14 bits per heavy atom. The molecule has 0 aliphatic rings. The maximum absolute atomic E-state index is 11.4. The standard InChI is InChI=1S/C8H18N2O3S/c1-6(5-14(9,12)13)7(11)10-8(2,3)4/h6H,5H2,1-4H3,(H,10,11)(H2,9,12,13)/t6-/m1/s1. The highest BCUT2D eigenvalue weighted by Crippen LogP contribution is 2.04. The number of hydrogen-bond donors (Lipinski definition) is 2. The quantitative estimate of drug-likeness (QED) is 0.694. The van der Waals surface area contributed by atoms with E-state index in [4.69, 9.17) is 5.14 Å². The lowest BCUT2D eigenvalue weighted by atomic mass is 10.1. The highest BCUT2D eigenvalue weighted by atomic mass is 32.2. The van der Waals surface area contributed by atoms with Gasteiger partial charge in [-0.15, -0.1) is 0 Å². The molecule has 0 aromatic carbocycles. The highest BCUT2D eigenvalue weighted by Gasteiger charge is 2.22. The molecular weight excluding hydrogens is 204 g/mol. The van der Waals surface area contributed by atoms with E-state index in [1.54, 1.807) is 0 Å². The van der Waals surface area contributed by atoms with Crippen molar-refractivity contribution in [2.24, 2.45) is 11.1 Å². The Hall–Kier alpha value is -0.620. The number of nitrogens with two attached hydrogens (primary N) is 1. The zero-order valence-electron chi connectivity index (χ0n) is 8.99. The lowest BCUT2D eigenvalue weighted by Gasteiger charge is -2.22. The Labute approximate surface area is 85.1 Å². The van der Waals surface area contributed by atoms with Gasteiger partial charge in [0.15, 0.2) is 0 Å². The minimum absolute atomic E-state index is 0.300. The number of nitrogens with one attached hydrogen (secondary N) is 1. The highest BCUT2D eigenvalue weighted by molar-refractivity contribution is 7.89. The molecule has 0 aliphatic heterocycles. The van der Waals surface area contributed by atoms with Crippen molar-refractivity contribution in [1.82, 2.24) is 5.32 Å². The van der Waals surface area contributed by atoms with E-state index in [9.17, 15) is 13.2 Å². The van der Waals surface area contributed by atoms with E-state index in [1.807, 2.05) is 20.8 Å². The first kappa shape index (κ1) is 13.4. The molecule has 0 radical (unpaired) electrons. The maximum Gasteiger partial charge on any atom is 0.224 e. The molecule has 0 heterocycles. The fraction of sp³-hybridized carbons (Fsp3) is 0.875. The number of hydrogen-bond acceptors (Lipinski definition) is 3. The zero-order chi connectivity index (χ0) is 11.6. The van der Waals surface area contributed by atoms with Crippen LogP contribution in [0.2, 0.25) is 0 Å². The Balaban J connectivity index is 4.29. The van der Waals surface area contributed by atoms with E-state index in [1.165, 1.54) is 6.92 Å². The number of carbonyl (C=O) groups is 1. The van der Waals surface area contributed by atoms with Crippen molar-refractivity contribution in [2.45, 2.75) is 33.2 Å². The molecule has 84 valence electrons. The third kappa shape index (κ3) is 6.85. The summed E-state index contributed by atoms with van der Waals surface area (Å²) >= 11 is 0. The van der Waals surface area contributed by atoms with Gasteiger partial charge in [-0.25, -0.2) is 13.6 Å². The summed E-state index contributed by atoms with van der Waals surface area (Å²) in [6, 6.07) is 0. The van der Waals surface area contributed by atoms with Gasteiger partial charge in [-0.05, 0) is 20.8 Å². The van der Waals surface area contributed by atoms with Gasteiger partial charge in [-0.2, -0.15) is 0 Å². The number of primary sulfonamides is 1. The van der Waals surface area contributed by atoms with Crippen LogP contribution in [0.1, 0.15) is 27.7 Å². The van der Waals surface area contributed by atoms with Crippen molar-refractivity contribution in [3.05, 3.63) is 0 Å². The summed E-state index contributed by atoms with van der Waals surface area (Å²) in [6.45, 7) is 7.02. The Morgan fingerprint density at radius 2 is 1.86 bits per heavy atom. The largest absolute Gasteiger partial charge is 0.351 e. The smallest absolute Gasteiger partial charge is 0.224 e. The Morgan fingerprint density at radius 1 is 1.43 bits per heavy atom. The van der Waals surface area contributed by atoms with Crippen molar-refractivity contribution in [2.75, 3.05) is 5.75 Å². The molecule has 3 N–H and O–H groups in total. The summed E-state index contributed by atoms with van der Waals surface area (Å²) in [5.74, 6) is -1.25. The molecule has 1 amide bonds. The van der Waals surface area contributed by atoms with Crippen LogP contribution in [0.3, 0.4) is 0 Å². The third-order valence-electron chi connectivity index (χ3n) is 1.43. The van der Waals surface area contributed by atoms with Crippen molar-refractivity contribution in [3.63, 3.8) is 0 Å². The zero-order valence-corrected chi connectivity index (χ0v) is 9.81. The van der Waals surface area contributed by atoms with Crippen LogP contribution in [0, 0.1) is 5.92 Å². The minimum atomic E-state index is -3.58. The summed E-state index contributed by atoms with van der Waals surface area (Å²) in [5.41, 5.74) is -0.357. The number of carbonyl (C=O) groups excluding carboxylic acids is 1. The number of amides is 1. The van der Waals surface area contributed by atoms with Gasteiger partial charge in [0.25, 0.3) is 0 Å². The van der Waals surface area contributed by atoms with Gasteiger partial charge in [0.05, 0.1) is 11.7 Å². The second-order valence-electron chi connectivity index (χ2n) is 4.47. The topological polar surface area (TPSA) is 89.3 Å². The molecule has 0 aromatic rings. The van der Waals surface area contributed by atoms with Crippen molar-refractivity contribution in [3.8, 4) is 0 Å². The van der Waals surface area contributed by atoms with Gasteiger partial charge in [0.2, 0.25) is 15.9 Å². The van der Waals surface area contributed by atoms with E-state index < -0.39 is 15.9 Å². The van der Waals surface area contributed by atoms with Crippen molar-refractivity contribution < 1.29 is 13.2 Å². The number of sulfonamides is 1. The monoisotopic (exact) mass is 222 g/mol. The van der Waals surface area contributed by atoms with E-state index in [0.717, 1.165) is 0 Å². The molecule has 6 heteroatoms. The molecule has 0 saturated heterocycles. The SMILES string of the molecule is C[C@H](CS(N)(=O)=O)C(=O)NC(C)(C)C. The van der Waals surface area contributed by atoms with Crippen molar-refractivity contribution >= 4 is 15.9 Å². The average molecular weight is 222 g/mol. The van der Waals surface area contributed by atoms with Crippen molar-refractivity contribution in [1.29, 1.82) is 0 Å². The second-order valence-corrected chi connectivity index (χ2v) is 6.13. The summed E-state index contributed by atoms with van der Waals surface area (Å²) < 4.78 is 21.4. The molecular formula is C8H18N2O3S. The second kappa shape index (κ2) is 4.27. The molecule has 0 aromatic heterocycles. The molecule has 14 heavy (non-hydrogen) atoms. The summed E-state index contributed by atoms with van der Waals surface area (Å²) in [5, 5.41) is 7.51. The van der Waals surface area contributed by atoms with Gasteiger partial charge in [0, 0.05) is 5.54 Å². The molecule has 0 rings (SSSR count). The molecule has 5 nitrogen and oxygen atoms in total. The Bertz CT molecular complexity index is 303. The third-order valence-corrected chi connectivity index (χ3v) is 2.39. The minimum Gasteiger partial charge on any atom is -0.351 e. The molecule has 0 bridgehead atoms. The first-order valence-electron chi connectivity index (χ1n) is 4.34. The van der Waals surface area contributed by atoms with Crippen LogP contribution >= 0.6 is 0 Å².